The Labute approximate surface area is 179 Å². The number of benzene rings is 3. The molecule has 1 N–H and O–H groups in total. The van der Waals surface area contributed by atoms with Crippen molar-refractivity contribution in [2.45, 2.75) is 18.6 Å². The van der Waals surface area contributed by atoms with E-state index in [0.717, 1.165) is 27.5 Å². The number of hydrogen-bond donors (Lipinski definition) is 1. The van der Waals surface area contributed by atoms with Gasteiger partial charge in [-0.15, -0.1) is 0 Å². The zero-order chi connectivity index (χ0) is 20.8. The van der Waals surface area contributed by atoms with Crippen LogP contribution < -0.4 is 5.43 Å². The Bertz CT molecular complexity index is 1170. The number of hydrogen-bond acceptors (Lipinski definition) is 4. The van der Waals surface area contributed by atoms with E-state index in [1.165, 1.54) is 17.3 Å². The molecule has 0 radical (unpaired) electrons. The molecule has 0 saturated heterocycles. The van der Waals surface area contributed by atoms with Crippen LogP contribution in [0.5, 0.6) is 0 Å². The Hall–Kier alpha value is -3.38. The van der Waals surface area contributed by atoms with Crippen molar-refractivity contribution in [3.8, 4) is 0 Å². The zero-order valence-electron chi connectivity index (χ0n) is 16.7. The maximum atomic E-state index is 12.4. The van der Waals surface area contributed by atoms with Crippen molar-refractivity contribution in [3.05, 3.63) is 96.1 Å². The van der Waals surface area contributed by atoms with E-state index in [0.29, 0.717) is 6.54 Å². The average molecular weight is 415 g/mol. The second-order valence-electron chi connectivity index (χ2n) is 6.84. The van der Waals surface area contributed by atoms with Gasteiger partial charge in [0.2, 0.25) is 0 Å². The van der Waals surface area contributed by atoms with E-state index in [9.17, 15) is 4.79 Å². The summed E-state index contributed by atoms with van der Waals surface area (Å²) in [5.74, 6) is 0.0811. The van der Waals surface area contributed by atoms with Crippen LogP contribution in [-0.2, 0) is 11.3 Å². The molecule has 150 valence electrons. The van der Waals surface area contributed by atoms with Gasteiger partial charge in [0.05, 0.1) is 29.0 Å². The summed E-state index contributed by atoms with van der Waals surface area (Å²) >= 11 is 1.42. The van der Waals surface area contributed by atoms with E-state index in [1.807, 2.05) is 73.7 Å². The molecule has 3 aromatic carbocycles. The summed E-state index contributed by atoms with van der Waals surface area (Å²) < 4.78 is 2.15. The number of carbonyl (C=O) groups is 1. The van der Waals surface area contributed by atoms with Gasteiger partial charge >= 0.3 is 0 Å². The largest absolute Gasteiger partial charge is 0.314 e. The summed E-state index contributed by atoms with van der Waals surface area (Å²) in [4.78, 5) is 17.1. The molecule has 1 amide bonds. The highest BCUT2D eigenvalue weighted by molar-refractivity contribution is 7.99. The van der Waals surface area contributed by atoms with Crippen LogP contribution in [0.4, 0.5) is 0 Å². The Morgan fingerprint density at radius 1 is 0.967 bits per heavy atom. The van der Waals surface area contributed by atoms with Gasteiger partial charge < -0.3 is 4.57 Å². The molecule has 0 unspecified atom stereocenters. The number of hydrazone groups is 1. The van der Waals surface area contributed by atoms with Crippen molar-refractivity contribution in [2.75, 3.05) is 5.75 Å². The lowest BCUT2D eigenvalue weighted by Gasteiger charge is -2.09. The van der Waals surface area contributed by atoms with Gasteiger partial charge in [0.1, 0.15) is 0 Å². The van der Waals surface area contributed by atoms with Crippen LogP contribution in [0.2, 0.25) is 0 Å². The maximum Gasteiger partial charge on any atom is 0.250 e. The van der Waals surface area contributed by atoms with Crippen LogP contribution >= 0.6 is 11.8 Å². The predicted octanol–water partition coefficient (Wildman–Crippen LogP) is 4.72. The van der Waals surface area contributed by atoms with Gasteiger partial charge in [-0.2, -0.15) is 5.10 Å². The molecule has 0 bridgehead atoms. The van der Waals surface area contributed by atoms with Gasteiger partial charge in [-0.05, 0) is 30.2 Å². The maximum absolute atomic E-state index is 12.4. The number of fused-ring (bicyclic) bond motifs is 1. The SMILES string of the molecule is CC(=NNC(=O)CSc1nc2ccccc2n1Cc1ccccc1)c1ccccc1. The topological polar surface area (TPSA) is 59.3 Å². The van der Waals surface area contributed by atoms with Crippen molar-refractivity contribution < 1.29 is 4.79 Å². The molecule has 0 aliphatic heterocycles. The molecule has 0 saturated carbocycles. The molecule has 0 aliphatic rings. The van der Waals surface area contributed by atoms with Gasteiger partial charge in [-0.25, -0.2) is 10.4 Å². The number of nitrogens with zero attached hydrogens (tertiary/aromatic N) is 3. The number of rotatable bonds is 7. The van der Waals surface area contributed by atoms with Crippen molar-refractivity contribution in [3.63, 3.8) is 0 Å². The van der Waals surface area contributed by atoms with Crippen molar-refractivity contribution >= 4 is 34.4 Å². The van der Waals surface area contributed by atoms with Crippen molar-refractivity contribution in [1.29, 1.82) is 0 Å². The summed E-state index contributed by atoms with van der Waals surface area (Å²) in [7, 11) is 0. The number of aromatic nitrogens is 2. The molecule has 1 heterocycles. The monoisotopic (exact) mass is 414 g/mol. The third-order valence-corrected chi connectivity index (χ3v) is 5.65. The molecule has 5 nitrogen and oxygen atoms in total. The number of imidazole rings is 1. The summed E-state index contributed by atoms with van der Waals surface area (Å²) in [6.07, 6.45) is 0. The van der Waals surface area contributed by atoms with Crippen LogP contribution in [0.1, 0.15) is 18.1 Å². The van der Waals surface area contributed by atoms with Gasteiger partial charge in [0.25, 0.3) is 5.91 Å². The molecular weight excluding hydrogens is 392 g/mol. The van der Waals surface area contributed by atoms with E-state index < -0.39 is 0 Å². The lowest BCUT2D eigenvalue weighted by molar-refractivity contribution is -0.118. The summed E-state index contributed by atoms with van der Waals surface area (Å²) in [5, 5.41) is 5.03. The fourth-order valence-corrected chi connectivity index (χ4v) is 3.94. The smallest absolute Gasteiger partial charge is 0.250 e. The highest BCUT2D eigenvalue weighted by Crippen LogP contribution is 2.25. The Morgan fingerprint density at radius 3 is 2.40 bits per heavy atom. The molecular formula is C24H22N4OS. The number of para-hydroxylation sites is 2. The van der Waals surface area contributed by atoms with Gasteiger partial charge in [-0.3, -0.25) is 4.79 Å². The molecule has 1 aromatic heterocycles. The van der Waals surface area contributed by atoms with Crippen LogP contribution in [0.25, 0.3) is 11.0 Å². The minimum absolute atomic E-state index is 0.159. The lowest BCUT2D eigenvalue weighted by atomic mass is 10.1. The fraction of sp³-hybridized carbons (Fsp3) is 0.125. The molecule has 0 spiro atoms. The van der Waals surface area contributed by atoms with Gasteiger partial charge in [-0.1, -0.05) is 84.6 Å². The first-order valence-corrected chi connectivity index (χ1v) is 10.7. The van der Waals surface area contributed by atoms with E-state index in [2.05, 4.69) is 33.3 Å². The third kappa shape index (κ3) is 4.78. The second-order valence-corrected chi connectivity index (χ2v) is 7.78. The predicted molar refractivity (Wildman–Crippen MR) is 123 cm³/mol. The van der Waals surface area contributed by atoms with E-state index in [-0.39, 0.29) is 11.7 Å². The lowest BCUT2D eigenvalue weighted by Crippen LogP contribution is -2.21. The van der Waals surface area contributed by atoms with Crippen LogP contribution in [0.3, 0.4) is 0 Å². The summed E-state index contributed by atoms with van der Waals surface area (Å²) in [6, 6.07) is 28.1. The van der Waals surface area contributed by atoms with Gasteiger partial charge in [0, 0.05) is 0 Å². The first-order chi connectivity index (χ1) is 14.7. The number of amides is 1. The average Bonchev–Trinajstić information content (AvgIpc) is 3.14. The van der Waals surface area contributed by atoms with Crippen molar-refractivity contribution in [1.82, 2.24) is 15.0 Å². The number of thioether (sulfide) groups is 1. The third-order valence-electron chi connectivity index (χ3n) is 4.68. The Kier molecular flexibility index (Phi) is 6.25. The highest BCUT2D eigenvalue weighted by atomic mass is 32.2. The van der Waals surface area contributed by atoms with Crippen LogP contribution in [0.15, 0.2) is 95.2 Å². The Balaban J connectivity index is 1.47. The first kappa shape index (κ1) is 19.9. The molecule has 4 rings (SSSR count). The molecule has 6 heteroatoms. The quantitative estimate of drug-likeness (QED) is 0.270. The van der Waals surface area contributed by atoms with Crippen LogP contribution in [0, 0.1) is 0 Å². The highest BCUT2D eigenvalue weighted by Gasteiger charge is 2.13. The van der Waals surface area contributed by atoms with E-state index in [1.54, 1.807) is 0 Å². The van der Waals surface area contributed by atoms with Gasteiger partial charge in [0.15, 0.2) is 5.16 Å². The second kappa shape index (κ2) is 9.41. The number of carbonyl (C=O) groups excluding carboxylic acids is 1. The molecule has 4 aromatic rings. The molecule has 0 atom stereocenters. The number of nitrogens with one attached hydrogen (secondary N) is 1. The summed E-state index contributed by atoms with van der Waals surface area (Å²) in [5.41, 5.74) is 7.57. The summed E-state index contributed by atoms with van der Waals surface area (Å²) in [6.45, 7) is 2.58. The molecule has 0 aliphatic carbocycles. The fourth-order valence-electron chi connectivity index (χ4n) is 3.13. The normalized spacial score (nSPS) is 11.6. The minimum atomic E-state index is -0.159. The first-order valence-electron chi connectivity index (χ1n) is 9.71. The molecule has 0 fully saturated rings. The zero-order valence-corrected chi connectivity index (χ0v) is 17.5. The van der Waals surface area contributed by atoms with E-state index in [4.69, 9.17) is 4.98 Å². The van der Waals surface area contributed by atoms with Crippen LogP contribution in [-0.4, -0.2) is 26.9 Å². The molecule has 30 heavy (non-hydrogen) atoms. The Morgan fingerprint density at radius 2 is 1.63 bits per heavy atom. The minimum Gasteiger partial charge on any atom is -0.314 e. The standard InChI is InChI=1S/C24H22N4OS/c1-18(20-12-6-3-7-13-20)26-27-23(29)17-30-24-25-21-14-8-9-15-22(21)28(24)16-19-10-4-2-5-11-19/h2-15H,16-17H2,1H3,(H,27,29). The van der Waals surface area contributed by atoms with Crippen molar-refractivity contribution in [2.24, 2.45) is 5.10 Å². The van der Waals surface area contributed by atoms with E-state index >= 15 is 0 Å².